The van der Waals surface area contributed by atoms with Crippen LogP contribution in [0.5, 0.6) is 5.75 Å². The Labute approximate surface area is 171 Å². The zero-order valence-corrected chi connectivity index (χ0v) is 16.0. The summed E-state index contributed by atoms with van der Waals surface area (Å²) in [7, 11) is 0. The second-order valence-corrected chi connectivity index (χ2v) is 7.07. The van der Waals surface area contributed by atoms with Gasteiger partial charge in [-0.1, -0.05) is 54.1 Å². The molecule has 0 amide bonds. The van der Waals surface area contributed by atoms with E-state index in [-0.39, 0.29) is 11.3 Å². The molecule has 150 valence electrons. The van der Waals surface area contributed by atoms with Crippen LogP contribution in [-0.4, -0.2) is 20.7 Å². The lowest BCUT2D eigenvalue weighted by molar-refractivity contribution is -0.139. The Kier molecular flexibility index (Phi) is 4.83. The van der Waals surface area contributed by atoms with Gasteiger partial charge in [0.1, 0.15) is 11.6 Å². The molecule has 1 unspecified atom stereocenters. The molecule has 0 saturated heterocycles. The van der Waals surface area contributed by atoms with Gasteiger partial charge in [-0.05, 0) is 42.3 Å². The van der Waals surface area contributed by atoms with Crippen molar-refractivity contribution < 1.29 is 19.4 Å². The molecule has 0 aliphatic rings. The number of carbonyl (C=O) groups is 1. The van der Waals surface area contributed by atoms with E-state index in [1.54, 1.807) is 48.5 Å². The molecular weight excluding hydrogens is 385 g/mol. The monoisotopic (exact) mass is 403 g/mol. The summed E-state index contributed by atoms with van der Waals surface area (Å²) in [5.41, 5.74) is 1.22. The molecule has 0 bridgehead atoms. The highest BCUT2D eigenvalue weighted by Gasteiger charge is 2.28. The van der Waals surface area contributed by atoms with E-state index in [2.05, 4.69) is 0 Å². The van der Waals surface area contributed by atoms with Crippen LogP contribution in [-0.2, 0) is 4.79 Å². The molecule has 0 fully saturated rings. The van der Waals surface area contributed by atoms with E-state index in [9.17, 15) is 24.2 Å². The van der Waals surface area contributed by atoms with Crippen molar-refractivity contribution in [3.8, 4) is 16.9 Å². The van der Waals surface area contributed by atoms with Crippen LogP contribution in [0.15, 0.2) is 77.6 Å². The molecule has 1 atom stereocenters. The van der Waals surface area contributed by atoms with E-state index in [1.165, 1.54) is 28.8 Å². The first-order chi connectivity index (χ1) is 14.4. The number of hydrogen-bond donors (Lipinski definition) is 2. The van der Waals surface area contributed by atoms with Gasteiger partial charge in [-0.2, -0.15) is 0 Å². The summed E-state index contributed by atoms with van der Waals surface area (Å²) in [5, 5.41) is 21.2. The lowest BCUT2D eigenvalue weighted by Gasteiger charge is -2.21. The maximum atomic E-state index is 13.5. The highest BCUT2D eigenvalue weighted by molar-refractivity contribution is 5.93. The summed E-state index contributed by atoms with van der Waals surface area (Å²) >= 11 is 0. The van der Waals surface area contributed by atoms with Gasteiger partial charge < -0.3 is 10.2 Å². The Morgan fingerprint density at radius 1 is 0.967 bits per heavy atom. The Bertz CT molecular complexity index is 1310. The summed E-state index contributed by atoms with van der Waals surface area (Å²) in [6, 6.07) is 17.3. The van der Waals surface area contributed by atoms with Crippen molar-refractivity contribution in [1.82, 2.24) is 4.57 Å². The second kappa shape index (κ2) is 7.48. The largest absolute Gasteiger partial charge is 0.506 e. The first kappa shape index (κ1) is 19.4. The summed E-state index contributed by atoms with van der Waals surface area (Å²) in [6.07, 6.45) is 0. The summed E-state index contributed by atoms with van der Waals surface area (Å²) in [5.74, 6) is -1.96. The van der Waals surface area contributed by atoms with E-state index in [0.717, 1.165) is 5.56 Å². The summed E-state index contributed by atoms with van der Waals surface area (Å²) < 4.78 is 14.6. The lowest BCUT2D eigenvalue weighted by atomic mass is 10.00. The van der Waals surface area contributed by atoms with Crippen LogP contribution < -0.4 is 5.56 Å². The van der Waals surface area contributed by atoms with Crippen LogP contribution in [0.25, 0.3) is 22.0 Å². The lowest BCUT2D eigenvalue weighted by Crippen LogP contribution is -2.32. The number of carboxylic acid groups (broad SMARTS) is 1. The van der Waals surface area contributed by atoms with Crippen molar-refractivity contribution in [3.05, 3.63) is 100 Å². The smallest absolute Gasteiger partial charge is 0.331 e. The van der Waals surface area contributed by atoms with Crippen LogP contribution in [0, 0.1) is 12.7 Å². The Hall–Kier alpha value is -3.93. The Morgan fingerprint density at radius 2 is 1.60 bits per heavy atom. The summed E-state index contributed by atoms with van der Waals surface area (Å²) in [4.78, 5) is 25.8. The molecule has 30 heavy (non-hydrogen) atoms. The standard InChI is InChI=1S/C24H18FNO4/c1-14-6-8-16(9-7-14)21(24(29)30)26-19-5-3-2-4-18(19)22(27)20(23(26)28)15-10-12-17(25)13-11-15/h2-13,21,27H,1H3,(H,29,30). The first-order valence-corrected chi connectivity index (χ1v) is 9.30. The minimum absolute atomic E-state index is 0.0768. The van der Waals surface area contributed by atoms with Crippen molar-refractivity contribution >= 4 is 16.9 Å². The van der Waals surface area contributed by atoms with Gasteiger partial charge in [0.15, 0.2) is 6.04 Å². The number of rotatable bonds is 4. The van der Waals surface area contributed by atoms with Gasteiger partial charge in [-0.25, -0.2) is 9.18 Å². The highest BCUT2D eigenvalue weighted by atomic mass is 19.1. The number of aromatic hydroxyl groups is 1. The zero-order chi connectivity index (χ0) is 21.4. The number of carboxylic acids is 1. The predicted octanol–water partition coefficient (Wildman–Crippen LogP) is 4.50. The molecule has 6 heteroatoms. The number of nitrogens with zero attached hydrogens (tertiary/aromatic N) is 1. The van der Waals surface area contributed by atoms with E-state index >= 15 is 0 Å². The average Bonchev–Trinajstić information content (AvgIpc) is 2.73. The van der Waals surface area contributed by atoms with Crippen molar-refractivity contribution in [3.63, 3.8) is 0 Å². The fraction of sp³-hybridized carbons (Fsp3) is 0.0833. The van der Waals surface area contributed by atoms with E-state index in [0.29, 0.717) is 22.0 Å². The van der Waals surface area contributed by atoms with Crippen LogP contribution in [0.1, 0.15) is 17.2 Å². The molecule has 1 heterocycles. The molecule has 4 rings (SSSR count). The van der Waals surface area contributed by atoms with Crippen molar-refractivity contribution in [2.75, 3.05) is 0 Å². The number of hydrogen-bond acceptors (Lipinski definition) is 3. The normalized spacial score (nSPS) is 12.1. The van der Waals surface area contributed by atoms with Crippen LogP contribution >= 0.6 is 0 Å². The van der Waals surface area contributed by atoms with E-state index in [1.807, 2.05) is 6.92 Å². The Balaban J connectivity index is 2.10. The van der Waals surface area contributed by atoms with Gasteiger partial charge in [0.2, 0.25) is 0 Å². The average molecular weight is 403 g/mol. The number of halogens is 1. The number of aliphatic carboxylic acids is 1. The minimum atomic E-state index is -1.30. The number of aryl methyl sites for hydroxylation is 1. The molecule has 0 saturated carbocycles. The van der Waals surface area contributed by atoms with Crippen LogP contribution in [0.4, 0.5) is 4.39 Å². The van der Waals surface area contributed by atoms with Gasteiger partial charge in [-0.3, -0.25) is 9.36 Å². The number of aromatic nitrogens is 1. The fourth-order valence-corrected chi connectivity index (χ4v) is 3.63. The molecule has 0 radical (unpaired) electrons. The third kappa shape index (κ3) is 3.22. The van der Waals surface area contributed by atoms with Gasteiger partial charge in [0, 0.05) is 5.39 Å². The number of fused-ring (bicyclic) bond motifs is 1. The quantitative estimate of drug-likeness (QED) is 0.526. The molecule has 0 aliphatic carbocycles. The van der Waals surface area contributed by atoms with Gasteiger partial charge >= 0.3 is 5.97 Å². The second-order valence-electron chi connectivity index (χ2n) is 7.07. The minimum Gasteiger partial charge on any atom is -0.506 e. The van der Waals surface area contributed by atoms with Gasteiger partial charge in [0.05, 0.1) is 11.1 Å². The third-order valence-corrected chi connectivity index (χ3v) is 5.11. The number of para-hydroxylation sites is 1. The van der Waals surface area contributed by atoms with Crippen molar-refractivity contribution in [1.29, 1.82) is 0 Å². The fourth-order valence-electron chi connectivity index (χ4n) is 3.63. The van der Waals surface area contributed by atoms with Crippen molar-refractivity contribution in [2.24, 2.45) is 0 Å². The van der Waals surface area contributed by atoms with E-state index in [4.69, 9.17) is 0 Å². The predicted molar refractivity (Wildman–Crippen MR) is 112 cm³/mol. The maximum absolute atomic E-state index is 13.5. The maximum Gasteiger partial charge on any atom is 0.331 e. The SMILES string of the molecule is Cc1ccc(C(C(=O)O)n2c(=O)c(-c3ccc(F)cc3)c(O)c3ccccc32)cc1. The van der Waals surface area contributed by atoms with Crippen LogP contribution in [0.2, 0.25) is 0 Å². The van der Waals surface area contributed by atoms with Crippen molar-refractivity contribution in [2.45, 2.75) is 13.0 Å². The molecule has 0 spiro atoms. The van der Waals surface area contributed by atoms with Gasteiger partial charge in [-0.15, -0.1) is 0 Å². The third-order valence-electron chi connectivity index (χ3n) is 5.11. The van der Waals surface area contributed by atoms with Crippen LogP contribution in [0.3, 0.4) is 0 Å². The highest BCUT2D eigenvalue weighted by Crippen LogP contribution is 2.35. The molecule has 1 aromatic heterocycles. The van der Waals surface area contributed by atoms with Gasteiger partial charge in [0.25, 0.3) is 5.56 Å². The molecule has 4 aromatic rings. The molecule has 0 aliphatic heterocycles. The van der Waals surface area contributed by atoms with E-state index < -0.39 is 23.4 Å². The number of benzene rings is 3. The topological polar surface area (TPSA) is 79.5 Å². The number of pyridine rings is 1. The molecule has 3 aromatic carbocycles. The summed E-state index contributed by atoms with van der Waals surface area (Å²) in [6.45, 7) is 1.88. The first-order valence-electron chi connectivity index (χ1n) is 9.30. The molecule has 5 nitrogen and oxygen atoms in total. The Morgan fingerprint density at radius 3 is 2.23 bits per heavy atom. The molecule has 2 N–H and O–H groups in total. The molecular formula is C24H18FNO4. The zero-order valence-electron chi connectivity index (χ0n) is 16.0.